The summed E-state index contributed by atoms with van der Waals surface area (Å²) < 4.78 is 26.2. The fraction of sp³-hybridized carbons (Fsp3) is 0.310. The number of nitrogens with zero attached hydrogens (tertiary/aromatic N) is 2. The van der Waals surface area contributed by atoms with Crippen LogP contribution >= 0.6 is 11.6 Å². The van der Waals surface area contributed by atoms with Crippen molar-refractivity contribution in [2.75, 3.05) is 24.2 Å². The Hall–Kier alpha value is -3.36. The highest BCUT2D eigenvalue weighted by Gasteiger charge is 2.30. The Balaban J connectivity index is 1.84. The molecule has 1 N–H and O–H groups in total. The Kier molecular flexibility index (Phi) is 10.3. The van der Waals surface area contributed by atoms with Crippen LogP contribution in [0.15, 0.2) is 78.9 Å². The third-order valence-electron chi connectivity index (χ3n) is 6.24. The van der Waals surface area contributed by atoms with Crippen LogP contribution in [0.2, 0.25) is 5.02 Å². The van der Waals surface area contributed by atoms with Gasteiger partial charge in [0.2, 0.25) is 21.8 Å². The first-order valence-corrected chi connectivity index (χ1v) is 14.6. The molecule has 0 bridgehead atoms. The lowest BCUT2D eigenvalue weighted by Gasteiger charge is -2.31. The molecule has 0 saturated carbocycles. The first-order valence-electron chi connectivity index (χ1n) is 12.4. The molecule has 1 atom stereocenters. The van der Waals surface area contributed by atoms with E-state index in [0.29, 0.717) is 17.1 Å². The molecule has 38 heavy (non-hydrogen) atoms. The first-order chi connectivity index (χ1) is 18.1. The van der Waals surface area contributed by atoms with Crippen LogP contribution in [0.3, 0.4) is 0 Å². The molecule has 0 radical (unpaired) electrons. The topological polar surface area (TPSA) is 86.8 Å². The van der Waals surface area contributed by atoms with Gasteiger partial charge >= 0.3 is 0 Å². The molecule has 0 heterocycles. The molecular formula is C29H34ClN3O4S. The SMILES string of the molecule is CNC(=O)[C@H](Cc1ccccc1)N(Cc1ccc(C)cc1)C(=O)CCCN(c1cccc(Cl)c1)S(C)(=O)=O. The molecule has 0 fully saturated rings. The fourth-order valence-corrected chi connectivity index (χ4v) is 5.39. The second-order valence-corrected chi connectivity index (χ2v) is 11.6. The highest BCUT2D eigenvalue weighted by Crippen LogP contribution is 2.23. The van der Waals surface area contributed by atoms with Crippen LogP contribution in [0, 0.1) is 6.92 Å². The Morgan fingerprint density at radius 3 is 2.24 bits per heavy atom. The van der Waals surface area contributed by atoms with Gasteiger partial charge in [0.15, 0.2) is 0 Å². The zero-order valence-electron chi connectivity index (χ0n) is 21.9. The summed E-state index contributed by atoms with van der Waals surface area (Å²) in [6.07, 6.45) is 1.83. The van der Waals surface area contributed by atoms with Gasteiger partial charge in [0.1, 0.15) is 6.04 Å². The summed E-state index contributed by atoms with van der Waals surface area (Å²) in [5.74, 6) is -0.486. The summed E-state index contributed by atoms with van der Waals surface area (Å²) in [5.41, 5.74) is 3.38. The van der Waals surface area contributed by atoms with Gasteiger partial charge in [-0.25, -0.2) is 8.42 Å². The molecule has 3 aromatic carbocycles. The minimum Gasteiger partial charge on any atom is -0.357 e. The quantitative estimate of drug-likeness (QED) is 0.354. The number of nitrogens with one attached hydrogen (secondary N) is 1. The lowest BCUT2D eigenvalue weighted by atomic mass is 10.0. The predicted octanol–water partition coefficient (Wildman–Crippen LogP) is 4.58. The molecule has 0 saturated heterocycles. The molecule has 0 aliphatic heterocycles. The number of halogens is 1. The number of hydrogen-bond donors (Lipinski definition) is 1. The van der Waals surface area contributed by atoms with Crippen molar-refractivity contribution in [2.45, 2.75) is 38.8 Å². The number of rotatable bonds is 12. The van der Waals surface area contributed by atoms with E-state index in [2.05, 4.69) is 5.32 Å². The number of amides is 2. The summed E-state index contributed by atoms with van der Waals surface area (Å²) in [6, 6.07) is 23.3. The van der Waals surface area contributed by atoms with Crippen molar-refractivity contribution in [3.8, 4) is 0 Å². The highest BCUT2D eigenvalue weighted by atomic mass is 35.5. The second-order valence-electron chi connectivity index (χ2n) is 9.25. The van der Waals surface area contributed by atoms with E-state index in [-0.39, 0.29) is 37.7 Å². The van der Waals surface area contributed by atoms with Crippen LogP contribution in [-0.2, 0) is 32.6 Å². The largest absolute Gasteiger partial charge is 0.357 e. The van der Waals surface area contributed by atoms with E-state index >= 15 is 0 Å². The number of likely N-dealkylation sites (N-methyl/N-ethyl adjacent to an activating group) is 1. The number of sulfonamides is 1. The van der Waals surface area contributed by atoms with Crippen molar-refractivity contribution in [1.29, 1.82) is 0 Å². The lowest BCUT2D eigenvalue weighted by molar-refractivity contribution is -0.141. The highest BCUT2D eigenvalue weighted by molar-refractivity contribution is 7.92. The minimum absolute atomic E-state index is 0.0702. The third-order valence-corrected chi connectivity index (χ3v) is 7.67. The first kappa shape index (κ1) is 29.2. The molecule has 0 spiro atoms. The standard InChI is InChI=1S/C29H34ClN3O4S/c1-22-14-16-24(17-15-22)21-32(27(29(35)31-2)19-23-9-5-4-6-10-23)28(34)13-8-18-33(38(3,36)37)26-12-7-11-25(30)20-26/h4-7,9-12,14-17,20,27H,8,13,18-19,21H2,1-3H3,(H,31,35)/t27-/m0/s1. The van der Waals surface area contributed by atoms with Gasteiger partial charge in [-0.05, 0) is 42.7 Å². The normalized spacial score (nSPS) is 12.0. The summed E-state index contributed by atoms with van der Waals surface area (Å²) >= 11 is 6.08. The van der Waals surface area contributed by atoms with E-state index in [1.54, 1.807) is 36.2 Å². The minimum atomic E-state index is -3.59. The molecule has 202 valence electrons. The molecule has 0 unspecified atom stereocenters. The van der Waals surface area contributed by atoms with E-state index in [1.165, 1.54) is 4.31 Å². The van der Waals surface area contributed by atoms with Crippen LogP contribution in [0.25, 0.3) is 0 Å². The number of aryl methyl sites for hydroxylation is 1. The van der Waals surface area contributed by atoms with Crippen LogP contribution in [0.1, 0.15) is 29.5 Å². The second kappa shape index (κ2) is 13.4. The zero-order valence-corrected chi connectivity index (χ0v) is 23.5. The Labute approximate surface area is 230 Å². The number of carbonyl (C=O) groups excluding carboxylic acids is 2. The van der Waals surface area contributed by atoms with E-state index in [4.69, 9.17) is 11.6 Å². The maximum Gasteiger partial charge on any atom is 0.242 e. The maximum atomic E-state index is 13.6. The van der Waals surface area contributed by atoms with E-state index < -0.39 is 16.1 Å². The molecule has 0 aliphatic rings. The van der Waals surface area contributed by atoms with E-state index in [9.17, 15) is 18.0 Å². The average molecular weight is 556 g/mol. The van der Waals surface area contributed by atoms with Crippen molar-refractivity contribution in [2.24, 2.45) is 0 Å². The third kappa shape index (κ3) is 8.33. The Morgan fingerprint density at radius 1 is 0.947 bits per heavy atom. The molecule has 0 aromatic heterocycles. The molecule has 2 amide bonds. The lowest BCUT2D eigenvalue weighted by Crippen LogP contribution is -2.49. The monoisotopic (exact) mass is 555 g/mol. The van der Waals surface area contributed by atoms with Gasteiger partial charge < -0.3 is 10.2 Å². The molecule has 3 rings (SSSR count). The summed E-state index contributed by atoms with van der Waals surface area (Å²) in [5, 5.41) is 3.13. The summed E-state index contributed by atoms with van der Waals surface area (Å²) in [7, 11) is -2.03. The maximum absolute atomic E-state index is 13.6. The van der Waals surface area contributed by atoms with Crippen LogP contribution in [0.4, 0.5) is 5.69 Å². The van der Waals surface area contributed by atoms with Gasteiger partial charge in [-0.2, -0.15) is 0 Å². The van der Waals surface area contributed by atoms with Crippen molar-refractivity contribution < 1.29 is 18.0 Å². The number of hydrogen-bond acceptors (Lipinski definition) is 4. The molecular weight excluding hydrogens is 522 g/mol. The smallest absolute Gasteiger partial charge is 0.242 e. The van der Waals surface area contributed by atoms with Crippen molar-refractivity contribution in [3.63, 3.8) is 0 Å². The Morgan fingerprint density at radius 2 is 1.63 bits per heavy atom. The predicted molar refractivity (Wildman–Crippen MR) is 153 cm³/mol. The van der Waals surface area contributed by atoms with Gasteiger partial charge in [-0.15, -0.1) is 0 Å². The zero-order chi connectivity index (χ0) is 27.7. The van der Waals surface area contributed by atoms with E-state index in [1.807, 2.05) is 61.5 Å². The van der Waals surface area contributed by atoms with Crippen molar-refractivity contribution in [3.05, 3.63) is 101 Å². The van der Waals surface area contributed by atoms with Crippen molar-refractivity contribution in [1.82, 2.24) is 10.2 Å². The van der Waals surface area contributed by atoms with Crippen LogP contribution < -0.4 is 9.62 Å². The Bertz CT molecular complexity index is 1330. The summed E-state index contributed by atoms with van der Waals surface area (Å²) in [4.78, 5) is 28.3. The molecule has 0 aliphatic carbocycles. The fourth-order valence-electron chi connectivity index (χ4n) is 4.25. The molecule has 7 nitrogen and oxygen atoms in total. The molecule has 9 heteroatoms. The van der Waals surface area contributed by atoms with Gasteiger partial charge in [-0.1, -0.05) is 77.8 Å². The molecule has 3 aromatic rings. The van der Waals surface area contributed by atoms with Crippen molar-refractivity contribution >= 4 is 39.1 Å². The number of benzene rings is 3. The number of carbonyl (C=O) groups is 2. The van der Waals surface area contributed by atoms with Gasteiger partial charge in [0.25, 0.3) is 0 Å². The average Bonchev–Trinajstić information content (AvgIpc) is 2.89. The van der Waals surface area contributed by atoms with Crippen LogP contribution in [0.5, 0.6) is 0 Å². The van der Waals surface area contributed by atoms with E-state index in [0.717, 1.165) is 22.9 Å². The van der Waals surface area contributed by atoms with Crippen LogP contribution in [-0.4, -0.2) is 51.0 Å². The van der Waals surface area contributed by atoms with Gasteiger partial charge in [0.05, 0.1) is 11.9 Å². The van der Waals surface area contributed by atoms with Gasteiger partial charge in [0, 0.05) is 38.0 Å². The van der Waals surface area contributed by atoms with Gasteiger partial charge in [-0.3, -0.25) is 13.9 Å². The number of anilines is 1. The summed E-state index contributed by atoms with van der Waals surface area (Å²) in [6.45, 7) is 2.35.